The van der Waals surface area contributed by atoms with Crippen molar-refractivity contribution >= 4 is 22.9 Å². The van der Waals surface area contributed by atoms with E-state index in [0.29, 0.717) is 12.0 Å². The van der Waals surface area contributed by atoms with Gasteiger partial charge in [0.1, 0.15) is 0 Å². The Labute approximate surface area is 177 Å². The molecular formula is C24H28N6. The van der Waals surface area contributed by atoms with E-state index in [4.69, 9.17) is 10.2 Å². The van der Waals surface area contributed by atoms with E-state index < -0.39 is 0 Å². The molecule has 6 heteroatoms. The van der Waals surface area contributed by atoms with E-state index in [2.05, 4.69) is 54.4 Å². The van der Waals surface area contributed by atoms with Crippen molar-refractivity contribution in [1.29, 1.82) is 5.26 Å². The number of nitriles is 1. The number of benzene rings is 1. The summed E-state index contributed by atoms with van der Waals surface area (Å²) < 4.78 is 0. The van der Waals surface area contributed by atoms with Gasteiger partial charge in [0.05, 0.1) is 17.3 Å². The van der Waals surface area contributed by atoms with E-state index >= 15 is 0 Å². The van der Waals surface area contributed by atoms with E-state index in [-0.39, 0.29) is 11.1 Å². The van der Waals surface area contributed by atoms with Crippen molar-refractivity contribution in [3.05, 3.63) is 48.3 Å². The van der Waals surface area contributed by atoms with Crippen LogP contribution in [0, 0.1) is 11.3 Å². The molecule has 1 aliphatic rings. The van der Waals surface area contributed by atoms with Crippen molar-refractivity contribution in [1.82, 2.24) is 20.3 Å². The number of H-pyrrole nitrogens is 1. The maximum absolute atomic E-state index is 8.84. The molecule has 30 heavy (non-hydrogen) atoms. The molecule has 1 fully saturated rings. The number of nitrogens with zero attached hydrogens (tertiary/aromatic N) is 3. The first-order chi connectivity index (χ1) is 14.3. The number of aromatic nitrogens is 3. The van der Waals surface area contributed by atoms with Gasteiger partial charge in [0.25, 0.3) is 0 Å². The Kier molecular flexibility index (Phi) is 5.08. The Hall–Kier alpha value is -3.17. The fraction of sp³-hybridized carbons (Fsp3) is 0.375. The first kappa shape index (κ1) is 20.1. The molecule has 2 aromatic heterocycles. The third-order valence-electron chi connectivity index (χ3n) is 5.54. The Morgan fingerprint density at radius 3 is 2.67 bits per heavy atom. The molecule has 0 radical (unpaired) electrons. The Balaban J connectivity index is 1.63. The molecule has 1 aliphatic heterocycles. The number of para-hydroxylation sites is 1. The van der Waals surface area contributed by atoms with Gasteiger partial charge in [-0.1, -0.05) is 18.2 Å². The van der Waals surface area contributed by atoms with Crippen molar-refractivity contribution in [2.24, 2.45) is 0 Å². The molecule has 1 aromatic carbocycles. The first-order valence-electron chi connectivity index (χ1n) is 10.3. The minimum atomic E-state index is 0.0568. The second-order valence-corrected chi connectivity index (χ2v) is 9.34. The Morgan fingerprint density at radius 1 is 1.17 bits per heavy atom. The van der Waals surface area contributed by atoms with Crippen LogP contribution in [0.1, 0.15) is 46.1 Å². The van der Waals surface area contributed by atoms with Crippen molar-refractivity contribution in [3.8, 4) is 17.3 Å². The molecule has 0 spiro atoms. The summed E-state index contributed by atoms with van der Waals surface area (Å²) in [5.74, 6) is 0.654. The highest BCUT2D eigenvalue weighted by Gasteiger charge is 2.37. The third-order valence-corrected chi connectivity index (χ3v) is 5.54. The molecule has 0 amide bonds. The zero-order valence-electron chi connectivity index (χ0n) is 18.0. The second kappa shape index (κ2) is 7.58. The topological polar surface area (TPSA) is 89.4 Å². The number of aromatic amines is 1. The SMILES string of the molecule is CC1(C)CC(Nc2nccc(-c3c[nH]c4c(/C=C/C#N)cccc34)n2)CC(C)(C)N1. The van der Waals surface area contributed by atoms with Crippen LogP contribution in [0.3, 0.4) is 0 Å². The van der Waals surface area contributed by atoms with E-state index in [1.165, 1.54) is 6.08 Å². The van der Waals surface area contributed by atoms with Gasteiger partial charge in [0.2, 0.25) is 5.95 Å². The monoisotopic (exact) mass is 400 g/mol. The quantitative estimate of drug-likeness (QED) is 0.543. The molecule has 0 atom stereocenters. The lowest BCUT2D eigenvalue weighted by Gasteiger charge is -2.46. The highest BCUT2D eigenvalue weighted by molar-refractivity contribution is 5.98. The van der Waals surface area contributed by atoms with E-state index in [9.17, 15) is 0 Å². The largest absolute Gasteiger partial charge is 0.360 e. The van der Waals surface area contributed by atoms with Crippen molar-refractivity contribution in [3.63, 3.8) is 0 Å². The van der Waals surface area contributed by atoms with Crippen LogP contribution in [0.2, 0.25) is 0 Å². The molecule has 0 bridgehead atoms. The lowest BCUT2D eigenvalue weighted by atomic mass is 9.80. The molecule has 3 aromatic rings. The molecule has 0 unspecified atom stereocenters. The number of allylic oxidation sites excluding steroid dienone is 1. The van der Waals surface area contributed by atoms with Crippen LogP contribution >= 0.6 is 0 Å². The van der Waals surface area contributed by atoms with Crippen molar-refractivity contribution in [2.75, 3.05) is 5.32 Å². The van der Waals surface area contributed by atoms with Crippen LogP contribution in [-0.4, -0.2) is 32.1 Å². The van der Waals surface area contributed by atoms with Crippen LogP contribution in [0.15, 0.2) is 42.7 Å². The number of hydrogen-bond donors (Lipinski definition) is 3. The fourth-order valence-electron chi connectivity index (χ4n) is 4.84. The molecule has 1 saturated heterocycles. The summed E-state index contributed by atoms with van der Waals surface area (Å²) in [6.45, 7) is 8.96. The van der Waals surface area contributed by atoms with Crippen LogP contribution in [-0.2, 0) is 0 Å². The maximum atomic E-state index is 8.84. The van der Waals surface area contributed by atoms with Gasteiger partial charge in [-0.3, -0.25) is 0 Å². The molecule has 3 heterocycles. The number of piperidine rings is 1. The van der Waals surface area contributed by atoms with Crippen molar-refractivity contribution in [2.45, 2.75) is 57.7 Å². The van der Waals surface area contributed by atoms with E-state index in [1.807, 2.05) is 36.5 Å². The third kappa shape index (κ3) is 4.22. The fourth-order valence-corrected chi connectivity index (χ4v) is 4.84. The predicted molar refractivity (Wildman–Crippen MR) is 122 cm³/mol. The minimum absolute atomic E-state index is 0.0568. The standard InChI is InChI=1S/C24H28N6/c1-23(2)13-17(14-24(3,4)30-23)28-22-26-12-10-20(29-22)19-15-27-21-16(8-6-11-25)7-5-9-18(19)21/h5-10,12,15,17,27,30H,13-14H2,1-4H3,(H,26,28,29)/b8-6+. The molecule has 0 aliphatic carbocycles. The number of hydrogen-bond acceptors (Lipinski definition) is 5. The zero-order chi connectivity index (χ0) is 21.4. The second-order valence-electron chi connectivity index (χ2n) is 9.34. The van der Waals surface area contributed by atoms with Gasteiger partial charge >= 0.3 is 0 Å². The lowest BCUT2D eigenvalue weighted by molar-refractivity contribution is 0.170. The van der Waals surface area contributed by atoms with Crippen LogP contribution < -0.4 is 10.6 Å². The van der Waals surface area contributed by atoms with Gasteiger partial charge in [0, 0.05) is 46.5 Å². The Morgan fingerprint density at radius 2 is 1.93 bits per heavy atom. The highest BCUT2D eigenvalue weighted by Crippen LogP contribution is 2.32. The van der Waals surface area contributed by atoms with Crippen molar-refractivity contribution < 1.29 is 0 Å². The number of rotatable bonds is 4. The minimum Gasteiger partial charge on any atom is -0.360 e. The van der Waals surface area contributed by atoms with Gasteiger partial charge in [-0.05, 0) is 58.2 Å². The molecule has 0 saturated carbocycles. The van der Waals surface area contributed by atoms with Gasteiger partial charge in [0.15, 0.2) is 0 Å². The number of anilines is 1. The molecular weight excluding hydrogens is 372 g/mol. The summed E-state index contributed by atoms with van der Waals surface area (Å²) in [5.41, 5.74) is 3.98. The van der Waals surface area contributed by atoms with Gasteiger partial charge in [-0.25, -0.2) is 9.97 Å². The molecule has 6 nitrogen and oxygen atoms in total. The average molecular weight is 401 g/mol. The van der Waals surface area contributed by atoms with Crippen LogP contribution in [0.25, 0.3) is 28.2 Å². The first-order valence-corrected chi connectivity index (χ1v) is 10.3. The Bertz CT molecular complexity index is 1120. The van der Waals surface area contributed by atoms with E-state index in [0.717, 1.165) is 40.6 Å². The summed E-state index contributed by atoms with van der Waals surface area (Å²) in [7, 11) is 0. The number of nitrogens with one attached hydrogen (secondary N) is 3. The summed E-state index contributed by atoms with van der Waals surface area (Å²) >= 11 is 0. The summed E-state index contributed by atoms with van der Waals surface area (Å²) in [4.78, 5) is 12.6. The lowest BCUT2D eigenvalue weighted by Crippen LogP contribution is -2.60. The molecule has 3 N–H and O–H groups in total. The molecule has 154 valence electrons. The van der Waals surface area contributed by atoms with Crippen LogP contribution in [0.4, 0.5) is 5.95 Å². The smallest absolute Gasteiger partial charge is 0.223 e. The van der Waals surface area contributed by atoms with Gasteiger partial charge in [-0.15, -0.1) is 0 Å². The summed E-state index contributed by atoms with van der Waals surface area (Å²) in [6, 6.07) is 10.3. The predicted octanol–water partition coefficient (Wildman–Crippen LogP) is 4.88. The van der Waals surface area contributed by atoms with Gasteiger partial charge in [-0.2, -0.15) is 5.26 Å². The van der Waals surface area contributed by atoms with Crippen LogP contribution in [0.5, 0.6) is 0 Å². The maximum Gasteiger partial charge on any atom is 0.223 e. The summed E-state index contributed by atoms with van der Waals surface area (Å²) in [6.07, 6.45) is 9.09. The highest BCUT2D eigenvalue weighted by atomic mass is 15.1. The number of fused-ring (bicyclic) bond motifs is 1. The zero-order valence-corrected chi connectivity index (χ0v) is 18.0. The normalized spacial score (nSPS) is 18.5. The van der Waals surface area contributed by atoms with Gasteiger partial charge < -0.3 is 15.6 Å². The summed E-state index contributed by atoms with van der Waals surface area (Å²) in [5, 5.41) is 17.2. The average Bonchev–Trinajstić information content (AvgIpc) is 3.08. The molecule has 4 rings (SSSR count). The van der Waals surface area contributed by atoms with E-state index in [1.54, 1.807) is 6.20 Å².